The molecule has 5 heteroatoms. The zero-order valence-electron chi connectivity index (χ0n) is 13.7. The molecule has 4 rings (SSSR count). The Morgan fingerprint density at radius 3 is 2.75 bits per heavy atom. The third kappa shape index (κ3) is 2.93. The van der Waals surface area contributed by atoms with E-state index < -0.39 is 0 Å². The summed E-state index contributed by atoms with van der Waals surface area (Å²) in [6.45, 7) is 4.28. The third-order valence-electron chi connectivity index (χ3n) is 4.87. The zero-order valence-corrected chi connectivity index (χ0v) is 14.5. The summed E-state index contributed by atoms with van der Waals surface area (Å²) < 4.78 is 0. The van der Waals surface area contributed by atoms with Crippen LogP contribution in [0.1, 0.15) is 17.2 Å². The molecule has 0 spiro atoms. The molecular formula is C19H21ClN4. The van der Waals surface area contributed by atoms with Gasteiger partial charge in [0, 0.05) is 60.7 Å². The number of aromatic amines is 1. The van der Waals surface area contributed by atoms with Gasteiger partial charge in [-0.05, 0) is 36.4 Å². The van der Waals surface area contributed by atoms with Gasteiger partial charge < -0.3 is 9.88 Å². The van der Waals surface area contributed by atoms with Crippen LogP contribution in [0.25, 0.3) is 10.9 Å². The van der Waals surface area contributed by atoms with E-state index in [9.17, 15) is 0 Å². The smallest absolute Gasteiger partial charge is 0.0639 e. The molecule has 3 heterocycles. The Labute approximate surface area is 147 Å². The van der Waals surface area contributed by atoms with Gasteiger partial charge in [-0.1, -0.05) is 23.7 Å². The standard InChI is InChI=1S/C19H21ClN4/c1-23-7-9-24(10-8-23)19(14-3-2-6-21-12-14)17-13-22-18-11-15(20)4-5-16(17)18/h2-6,11-13,19,22H,7-10H2,1H3. The molecule has 1 saturated heterocycles. The summed E-state index contributed by atoms with van der Waals surface area (Å²) >= 11 is 6.14. The van der Waals surface area contributed by atoms with Crippen molar-refractivity contribution in [1.82, 2.24) is 19.8 Å². The number of halogens is 1. The highest BCUT2D eigenvalue weighted by Crippen LogP contribution is 2.34. The van der Waals surface area contributed by atoms with Crippen molar-refractivity contribution >= 4 is 22.5 Å². The molecule has 1 unspecified atom stereocenters. The highest BCUT2D eigenvalue weighted by Gasteiger charge is 2.27. The molecule has 2 aromatic heterocycles. The van der Waals surface area contributed by atoms with E-state index >= 15 is 0 Å². The minimum Gasteiger partial charge on any atom is -0.361 e. The lowest BCUT2D eigenvalue weighted by Crippen LogP contribution is -2.46. The van der Waals surface area contributed by atoms with Gasteiger partial charge in [0.2, 0.25) is 0 Å². The highest BCUT2D eigenvalue weighted by atomic mass is 35.5. The van der Waals surface area contributed by atoms with Gasteiger partial charge in [-0.2, -0.15) is 0 Å². The molecule has 0 amide bonds. The van der Waals surface area contributed by atoms with Crippen molar-refractivity contribution in [2.75, 3.05) is 33.2 Å². The fourth-order valence-electron chi connectivity index (χ4n) is 3.55. The maximum atomic E-state index is 6.14. The van der Waals surface area contributed by atoms with Crippen molar-refractivity contribution in [1.29, 1.82) is 0 Å². The Balaban J connectivity index is 1.79. The first-order valence-corrected chi connectivity index (χ1v) is 8.69. The van der Waals surface area contributed by atoms with Gasteiger partial charge >= 0.3 is 0 Å². The SMILES string of the molecule is CN1CCN(C(c2cccnc2)c2c[nH]c3cc(Cl)ccc23)CC1. The summed E-state index contributed by atoms with van der Waals surface area (Å²) in [7, 11) is 2.18. The van der Waals surface area contributed by atoms with Crippen LogP contribution >= 0.6 is 11.6 Å². The molecule has 0 radical (unpaired) electrons. The Hall–Kier alpha value is -1.88. The normalized spacial score (nSPS) is 18.1. The summed E-state index contributed by atoms with van der Waals surface area (Å²) in [5.41, 5.74) is 3.61. The summed E-state index contributed by atoms with van der Waals surface area (Å²) in [6, 6.07) is 10.5. The second-order valence-corrected chi connectivity index (χ2v) is 6.90. The lowest BCUT2D eigenvalue weighted by atomic mass is 9.97. The number of pyridine rings is 1. The molecule has 4 nitrogen and oxygen atoms in total. The van der Waals surface area contributed by atoms with Gasteiger partial charge in [0.25, 0.3) is 0 Å². The number of aromatic nitrogens is 2. The second kappa shape index (κ2) is 6.55. The van der Waals surface area contributed by atoms with E-state index in [-0.39, 0.29) is 6.04 Å². The van der Waals surface area contributed by atoms with Crippen molar-refractivity contribution < 1.29 is 0 Å². The van der Waals surface area contributed by atoms with Crippen LogP contribution in [0.15, 0.2) is 48.9 Å². The van der Waals surface area contributed by atoms with E-state index in [2.05, 4.69) is 45.1 Å². The first-order valence-electron chi connectivity index (χ1n) is 8.31. The number of piperazine rings is 1. The molecule has 124 valence electrons. The maximum absolute atomic E-state index is 6.14. The van der Waals surface area contributed by atoms with E-state index in [1.54, 1.807) is 0 Å². The third-order valence-corrected chi connectivity index (χ3v) is 5.11. The van der Waals surface area contributed by atoms with Crippen LogP contribution < -0.4 is 0 Å². The largest absolute Gasteiger partial charge is 0.361 e. The summed E-state index contributed by atoms with van der Waals surface area (Å²) in [4.78, 5) is 12.7. The summed E-state index contributed by atoms with van der Waals surface area (Å²) in [5, 5.41) is 1.99. The fourth-order valence-corrected chi connectivity index (χ4v) is 3.72. The van der Waals surface area contributed by atoms with Gasteiger partial charge in [0.1, 0.15) is 0 Å². The molecule has 1 aliphatic heterocycles. The first kappa shape index (κ1) is 15.6. The molecule has 0 saturated carbocycles. The lowest BCUT2D eigenvalue weighted by molar-refractivity contribution is 0.127. The van der Waals surface area contributed by atoms with Gasteiger partial charge in [0.15, 0.2) is 0 Å². The van der Waals surface area contributed by atoms with Crippen molar-refractivity contribution in [2.45, 2.75) is 6.04 Å². The van der Waals surface area contributed by atoms with Crippen molar-refractivity contribution in [3.8, 4) is 0 Å². The van der Waals surface area contributed by atoms with Crippen LogP contribution in [0.5, 0.6) is 0 Å². The Bertz CT molecular complexity index is 822. The fraction of sp³-hybridized carbons (Fsp3) is 0.316. The monoisotopic (exact) mass is 340 g/mol. The maximum Gasteiger partial charge on any atom is 0.0639 e. The Morgan fingerprint density at radius 2 is 2.00 bits per heavy atom. The van der Waals surface area contributed by atoms with E-state index in [1.165, 1.54) is 16.5 Å². The predicted octanol–water partition coefficient (Wildman–Crippen LogP) is 3.55. The van der Waals surface area contributed by atoms with E-state index in [1.807, 2.05) is 30.6 Å². The van der Waals surface area contributed by atoms with Gasteiger partial charge in [0.05, 0.1) is 6.04 Å². The quantitative estimate of drug-likeness (QED) is 0.792. The van der Waals surface area contributed by atoms with E-state index in [4.69, 9.17) is 11.6 Å². The van der Waals surface area contributed by atoms with Gasteiger partial charge in [-0.15, -0.1) is 0 Å². The minimum absolute atomic E-state index is 0.210. The topological polar surface area (TPSA) is 35.2 Å². The number of likely N-dealkylation sites (N-methyl/N-ethyl adjacent to an activating group) is 1. The number of nitrogens with zero attached hydrogens (tertiary/aromatic N) is 3. The number of H-pyrrole nitrogens is 1. The van der Waals surface area contributed by atoms with Crippen molar-refractivity contribution in [2.24, 2.45) is 0 Å². The van der Waals surface area contributed by atoms with Crippen LogP contribution in [0.3, 0.4) is 0 Å². The molecule has 24 heavy (non-hydrogen) atoms. The van der Waals surface area contributed by atoms with Crippen molar-refractivity contribution in [3.63, 3.8) is 0 Å². The number of benzene rings is 1. The molecule has 1 aliphatic rings. The molecular weight excluding hydrogens is 320 g/mol. The number of hydrogen-bond donors (Lipinski definition) is 1. The zero-order chi connectivity index (χ0) is 16.5. The lowest BCUT2D eigenvalue weighted by Gasteiger charge is -2.38. The average Bonchev–Trinajstić information content (AvgIpc) is 3.01. The van der Waals surface area contributed by atoms with Crippen LogP contribution in [0.2, 0.25) is 5.02 Å². The van der Waals surface area contributed by atoms with Crippen LogP contribution in [-0.4, -0.2) is 53.0 Å². The first-order chi connectivity index (χ1) is 11.7. The van der Waals surface area contributed by atoms with Crippen LogP contribution in [-0.2, 0) is 0 Å². The molecule has 1 fully saturated rings. The molecule has 0 aliphatic carbocycles. The van der Waals surface area contributed by atoms with Gasteiger partial charge in [-0.25, -0.2) is 0 Å². The second-order valence-electron chi connectivity index (χ2n) is 6.46. The molecule has 1 aromatic carbocycles. The van der Waals surface area contributed by atoms with Crippen molar-refractivity contribution in [3.05, 3.63) is 65.1 Å². The molecule has 1 atom stereocenters. The summed E-state index contributed by atoms with van der Waals surface area (Å²) in [5.74, 6) is 0. The van der Waals surface area contributed by atoms with Crippen LogP contribution in [0, 0.1) is 0 Å². The predicted molar refractivity (Wildman–Crippen MR) is 98.5 cm³/mol. The van der Waals surface area contributed by atoms with Gasteiger partial charge in [-0.3, -0.25) is 9.88 Å². The van der Waals surface area contributed by atoms with E-state index in [0.29, 0.717) is 0 Å². The summed E-state index contributed by atoms with van der Waals surface area (Å²) in [6.07, 6.45) is 5.94. The van der Waals surface area contributed by atoms with E-state index in [0.717, 1.165) is 36.7 Å². The number of rotatable bonds is 3. The van der Waals surface area contributed by atoms with Crippen LogP contribution in [0.4, 0.5) is 0 Å². The Kier molecular flexibility index (Phi) is 4.27. The molecule has 0 bridgehead atoms. The minimum atomic E-state index is 0.210. The Morgan fingerprint density at radius 1 is 1.17 bits per heavy atom. The molecule has 1 N–H and O–H groups in total. The number of fused-ring (bicyclic) bond motifs is 1. The highest BCUT2D eigenvalue weighted by molar-refractivity contribution is 6.31. The average molecular weight is 341 g/mol. The number of nitrogens with one attached hydrogen (secondary N) is 1. The number of hydrogen-bond acceptors (Lipinski definition) is 3. The molecule has 3 aromatic rings.